The third kappa shape index (κ3) is 7.07. The number of carbonyl (C=O) groups excluding carboxylic acids is 3. The first kappa shape index (κ1) is 22.1. The first-order chi connectivity index (χ1) is 13.2. The number of carbonyl (C=O) groups is 3. The van der Waals surface area contributed by atoms with Gasteiger partial charge in [-0.15, -0.1) is 11.8 Å². The third-order valence-electron chi connectivity index (χ3n) is 4.47. The van der Waals surface area contributed by atoms with E-state index in [2.05, 4.69) is 16.0 Å². The van der Waals surface area contributed by atoms with E-state index in [0.717, 1.165) is 17.7 Å². The summed E-state index contributed by atoms with van der Waals surface area (Å²) >= 11 is 1.57. The summed E-state index contributed by atoms with van der Waals surface area (Å²) in [6, 6.07) is 7.30. The molecule has 0 unspecified atom stereocenters. The van der Waals surface area contributed by atoms with Gasteiger partial charge in [0.05, 0.1) is 0 Å². The fourth-order valence-corrected chi connectivity index (χ4v) is 3.41. The van der Waals surface area contributed by atoms with E-state index in [9.17, 15) is 14.4 Å². The van der Waals surface area contributed by atoms with Crippen LogP contribution < -0.4 is 16.0 Å². The summed E-state index contributed by atoms with van der Waals surface area (Å²) in [6.07, 6.45) is 3.55. The normalized spacial score (nSPS) is 15.1. The lowest BCUT2D eigenvalue weighted by Crippen LogP contribution is -2.51. The molecule has 1 fully saturated rings. The summed E-state index contributed by atoms with van der Waals surface area (Å²) in [5.74, 6) is -1.04. The van der Waals surface area contributed by atoms with Gasteiger partial charge in [-0.05, 0) is 64.0 Å². The first-order valence-electron chi connectivity index (χ1n) is 9.48. The molecule has 0 spiro atoms. The van der Waals surface area contributed by atoms with Crippen molar-refractivity contribution in [3.8, 4) is 0 Å². The Bertz CT molecular complexity index is 710. The summed E-state index contributed by atoms with van der Waals surface area (Å²) in [4.78, 5) is 39.1. The zero-order valence-electron chi connectivity index (χ0n) is 17.0. The Labute approximate surface area is 171 Å². The number of piperidine rings is 1. The van der Waals surface area contributed by atoms with Crippen LogP contribution in [0.15, 0.2) is 29.2 Å². The minimum absolute atomic E-state index is 0.0539. The van der Waals surface area contributed by atoms with Crippen LogP contribution in [-0.2, 0) is 9.59 Å². The number of anilines is 1. The molecule has 2 rings (SSSR count). The molecule has 1 aliphatic rings. The standard InChI is InChI=1S/C20H30N4O3S/c1-20(2,3)23-19(27)24-10-8-14(9-11-24)13-21-17(25)18(26)22-15-6-5-7-16(12-15)28-4/h5-7,12,14H,8-11,13H2,1-4H3,(H,21,25)(H,22,26)(H,23,27). The van der Waals surface area contributed by atoms with Gasteiger partial charge in [-0.25, -0.2) is 4.79 Å². The number of nitrogens with one attached hydrogen (secondary N) is 3. The van der Waals surface area contributed by atoms with Gasteiger partial charge in [-0.1, -0.05) is 6.07 Å². The molecule has 1 aromatic carbocycles. The molecule has 3 N–H and O–H groups in total. The molecule has 0 aliphatic carbocycles. The quantitative estimate of drug-likeness (QED) is 0.530. The number of rotatable bonds is 4. The van der Waals surface area contributed by atoms with Gasteiger partial charge in [0.25, 0.3) is 0 Å². The van der Waals surface area contributed by atoms with Gasteiger partial charge in [0.1, 0.15) is 0 Å². The first-order valence-corrected chi connectivity index (χ1v) is 10.7. The zero-order chi connectivity index (χ0) is 20.7. The van der Waals surface area contributed by atoms with Crippen molar-refractivity contribution >= 4 is 35.3 Å². The Hall–Kier alpha value is -2.22. The van der Waals surface area contributed by atoms with E-state index in [1.165, 1.54) is 0 Å². The number of nitrogens with zero attached hydrogens (tertiary/aromatic N) is 1. The van der Waals surface area contributed by atoms with Crippen LogP contribution in [0, 0.1) is 5.92 Å². The predicted molar refractivity (Wildman–Crippen MR) is 112 cm³/mol. The van der Waals surface area contributed by atoms with Crippen LogP contribution in [0.5, 0.6) is 0 Å². The summed E-state index contributed by atoms with van der Waals surface area (Å²) in [7, 11) is 0. The zero-order valence-corrected chi connectivity index (χ0v) is 17.8. The molecule has 4 amide bonds. The number of amides is 4. The lowest BCUT2D eigenvalue weighted by atomic mass is 9.97. The Morgan fingerprint density at radius 2 is 1.82 bits per heavy atom. The van der Waals surface area contributed by atoms with Gasteiger partial charge in [0, 0.05) is 35.8 Å². The maximum absolute atomic E-state index is 12.2. The lowest BCUT2D eigenvalue weighted by molar-refractivity contribution is -0.136. The molecule has 1 aromatic rings. The summed E-state index contributed by atoms with van der Waals surface area (Å²) in [5.41, 5.74) is 0.343. The van der Waals surface area contributed by atoms with E-state index < -0.39 is 11.8 Å². The topological polar surface area (TPSA) is 90.5 Å². The lowest BCUT2D eigenvalue weighted by Gasteiger charge is -2.34. The second kappa shape index (κ2) is 9.82. The molecule has 28 heavy (non-hydrogen) atoms. The minimum atomic E-state index is -0.666. The predicted octanol–water partition coefficient (Wildman–Crippen LogP) is 2.68. The van der Waals surface area contributed by atoms with Gasteiger partial charge in [-0.2, -0.15) is 0 Å². The fraction of sp³-hybridized carbons (Fsp3) is 0.550. The van der Waals surface area contributed by atoms with Crippen molar-refractivity contribution in [2.24, 2.45) is 5.92 Å². The van der Waals surface area contributed by atoms with Crippen LogP contribution >= 0.6 is 11.8 Å². The average Bonchev–Trinajstić information content (AvgIpc) is 2.65. The monoisotopic (exact) mass is 406 g/mol. The van der Waals surface area contributed by atoms with E-state index in [0.29, 0.717) is 25.3 Å². The van der Waals surface area contributed by atoms with Gasteiger partial charge >= 0.3 is 17.8 Å². The molecule has 1 saturated heterocycles. The molecular formula is C20H30N4O3S. The molecule has 0 aromatic heterocycles. The number of benzene rings is 1. The Kier molecular flexibility index (Phi) is 7.74. The van der Waals surface area contributed by atoms with Crippen LogP contribution in [0.4, 0.5) is 10.5 Å². The molecule has 1 heterocycles. The number of likely N-dealkylation sites (tertiary alicyclic amines) is 1. The average molecular weight is 407 g/mol. The van der Waals surface area contributed by atoms with Crippen LogP contribution in [-0.4, -0.2) is 54.2 Å². The van der Waals surface area contributed by atoms with Crippen LogP contribution in [0.25, 0.3) is 0 Å². The summed E-state index contributed by atoms with van der Waals surface area (Å²) < 4.78 is 0. The molecular weight excluding hydrogens is 376 g/mol. The van der Waals surface area contributed by atoms with E-state index >= 15 is 0 Å². The maximum atomic E-state index is 12.2. The van der Waals surface area contributed by atoms with Gasteiger partial charge in [0.15, 0.2) is 0 Å². The van der Waals surface area contributed by atoms with Crippen molar-refractivity contribution in [2.75, 3.05) is 31.2 Å². The smallest absolute Gasteiger partial charge is 0.317 e. The highest BCUT2D eigenvalue weighted by atomic mass is 32.2. The molecule has 8 heteroatoms. The third-order valence-corrected chi connectivity index (χ3v) is 5.19. The van der Waals surface area contributed by atoms with Crippen molar-refractivity contribution in [2.45, 2.75) is 44.0 Å². The molecule has 0 bridgehead atoms. The van der Waals surface area contributed by atoms with Crippen molar-refractivity contribution in [3.05, 3.63) is 24.3 Å². The largest absolute Gasteiger partial charge is 0.348 e. The SMILES string of the molecule is CSc1cccc(NC(=O)C(=O)NCC2CCN(C(=O)NC(C)(C)C)CC2)c1. The second-order valence-corrected chi connectivity index (χ2v) is 8.89. The van der Waals surface area contributed by atoms with E-state index in [1.54, 1.807) is 22.7 Å². The number of thioether (sulfide) groups is 1. The maximum Gasteiger partial charge on any atom is 0.317 e. The highest BCUT2D eigenvalue weighted by molar-refractivity contribution is 7.98. The van der Waals surface area contributed by atoms with Gasteiger partial charge in [0.2, 0.25) is 0 Å². The number of hydrogen-bond acceptors (Lipinski definition) is 4. The van der Waals surface area contributed by atoms with Crippen molar-refractivity contribution in [3.63, 3.8) is 0 Å². The number of urea groups is 1. The summed E-state index contributed by atoms with van der Waals surface area (Å²) in [5, 5.41) is 8.29. The van der Waals surface area contributed by atoms with Crippen molar-refractivity contribution in [1.82, 2.24) is 15.5 Å². The molecule has 1 aliphatic heterocycles. The molecule has 0 atom stereocenters. The highest BCUT2D eigenvalue weighted by Gasteiger charge is 2.26. The van der Waals surface area contributed by atoms with Crippen LogP contribution in [0.3, 0.4) is 0 Å². The minimum Gasteiger partial charge on any atom is -0.348 e. The van der Waals surface area contributed by atoms with Crippen molar-refractivity contribution in [1.29, 1.82) is 0 Å². The highest BCUT2D eigenvalue weighted by Crippen LogP contribution is 2.19. The summed E-state index contributed by atoms with van der Waals surface area (Å²) in [6.45, 7) is 7.60. The van der Waals surface area contributed by atoms with E-state index in [4.69, 9.17) is 0 Å². The van der Waals surface area contributed by atoms with Gasteiger partial charge in [-0.3, -0.25) is 9.59 Å². The second-order valence-electron chi connectivity index (χ2n) is 8.01. The van der Waals surface area contributed by atoms with Crippen LogP contribution in [0.1, 0.15) is 33.6 Å². The Morgan fingerprint density at radius 3 is 2.43 bits per heavy atom. The number of hydrogen-bond donors (Lipinski definition) is 3. The Balaban J connectivity index is 1.73. The molecule has 154 valence electrons. The Morgan fingerprint density at radius 1 is 1.14 bits per heavy atom. The van der Waals surface area contributed by atoms with Crippen LogP contribution in [0.2, 0.25) is 0 Å². The fourth-order valence-electron chi connectivity index (χ4n) is 2.95. The molecule has 7 nitrogen and oxygen atoms in total. The molecule has 0 radical (unpaired) electrons. The van der Waals surface area contributed by atoms with E-state index in [1.807, 2.05) is 45.2 Å². The van der Waals surface area contributed by atoms with E-state index in [-0.39, 0.29) is 17.5 Å². The van der Waals surface area contributed by atoms with Crippen molar-refractivity contribution < 1.29 is 14.4 Å². The molecule has 0 saturated carbocycles. The van der Waals surface area contributed by atoms with Gasteiger partial charge < -0.3 is 20.9 Å².